The van der Waals surface area contributed by atoms with Gasteiger partial charge in [0.05, 0.1) is 13.2 Å². The molecule has 2 N–H and O–H groups in total. The quantitative estimate of drug-likeness (QED) is 0.271. The predicted octanol–water partition coefficient (Wildman–Crippen LogP) is 2.46. The molecule has 0 heterocycles. The van der Waals surface area contributed by atoms with E-state index in [2.05, 4.69) is 65.8 Å². The van der Waals surface area contributed by atoms with Crippen LogP contribution in [0.4, 0.5) is 0 Å². The van der Waals surface area contributed by atoms with Gasteiger partial charge in [0.15, 0.2) is 5.96 Å². The molecule has 1 rings (SSSR count). The van der Waals surface area contributed by atoms with Crippen molar-refractivity contribution in [3.8, 4) is 0 Å². The summed E-state index contributed by atoms with van der Waals surface area (Å²) in [6.07, 6.45) is 0. The fourth-order valence-electron chi connectivity index (χ4n) is 2.09. The first-order chi connectivity index (χ1) is 10.7. The van der Waals surface area contributed by atoms with Gasteiger partial charge in [-0.3, -0.25) is 0 Å². The molecule has 23 heavy (non-hydrogen) atoms. The Bertz CT molecular complexity index is 452. The SMILES string of the molecule is CCNC(=NCc1cccc(CN(C)C)c1)NCCOCC.I. The van der Waals surface area contributed by atoms with Gasteiger partial charge in [-0.25, -0.2) is 4.99 Å². The van der Waals surface area contributed by atoms with E-state index in [0.717, 1.165) is 32.2 Å². The molecule has 0 bridgehead atoms. The number of hydrogen-bond donors (Lipinski definition) is 2. The molecule has 132 valence electrons. The molecule has 0 fully saturated rings. The van der Waals surface area contributed by atoms with E-state index in [1.54, 1.807) is 0 Å². The Kier molecular flexibility index (Phi) is 13.1. The highest BCUT2D eigenvalue weighted by atomic mass is 127. The standard InChI is InChI=1S/C17H30N4O.HI/c1-5-18-17(19-10-11-22-6-2)20-13-15-8-7-9-16(12-15)14-21(3)4;/h7-9,12H,5-6,10-11,13-14H2,1-4H3,(H2,18,19,20);1H. The first-order valence-electron chi connectivity index (χ1n) is 7.98. The number of hydrogen-bond acceptors (Lipinski definition) is 3. The monoisotopic (exact) mass is 434 g/mol. The molecule has 0 saturated carbocycles. The van der Waals surface area contributed by atoms with Crippen LogP contribution in [0.25, 0.3) is 0 Å². The molecule has 0 unspecified atom stereocenters. The molecule has 0 spiro atoms. The number of nitrogens with zero attached hydrogens (tertiary/aromatic N) is 2. The molecular weight excluding hydrogens is 403 g/mol. The van der Waals surface area contributed by atoms with Gasteiger partial charge in [0.25, 0.3) is 0 Å². The average molecular weight is 434 g/mol. The van der Waals surface area contributed by atoms with Crippen LogP contribution in [0.5, 0.6) is 0 Å². The van der Waals surface area contributed by atoms with Crippen molar-refractivity contribution in [2.45, 2.75) is 26.9 Å². The van der Waals surface area contributed by atoms with Gasteiger partial charge in [-0.1, -0.05) is 24.3 Å². The van der Waals surface area contributed by atoms with Crippen molar-refractivity contribution in [1.82, 2.24) is 15.5 Å². The molecule has 6 heteroatoms. The van der Waals surface area contributed by atoms with Crippen molar-refractivity contribution in [2.75, 3.05) is 40.4 Å². The van der Waals surface area contributed by atoms with Crippen molar-refractivity contribution in [3.63, 3.8) is 0 Å². The van der Waals surface area contributed by atoms with Crippen LogP contribution in [0.2, 0.25) is 0 Å². The van der Waals surface area contributed by atoms with Gasteiger partial charge in [-0.2, -0.15) is 0 Å². The van der Waals surface area contributed by atoms with E-state index >= 15 is 0 Å². The summed E-state index contributed by atoms with van der Waals surface area (Å²) in [5.41, 5.74) is 2.54. The lowest BCUT2D eigenvalue weighted by atomic mass is 10.1. The summed E-state index contributed by atoms with van der Waals surface area (Å²) in [5.74, 6) is 0.834. The topological polar surface area (TPSA) is 48.9 Å². The third-order valence-corrected chi connectivity index (χ3v) is 3.00. The van der Waals surface area contributed by atoms with Crippen LogP contribution < -0.4 is 10.6 Å². The lowest BCUT2D eigenvalue weighted by molar-refractivity contribution is 0.152. The Hall–Kier alpha value is -0.860. The summed E-state index contributed by atoms with van der Waals surface area (Å²) in [6, 6.07) is 8.58. The number of aliphatic imine (C=N–C) groups is 1. The fraction of sp³-hybridized carbons (Fsp3) is 0.588. The van der Waals surface area contributed by atoms with Gasteiger partial charge >= 0.3 is 0 Å². The van der Waals surface area contributed by atoms with E-state index < -0.39 is 0 Å². The zero-order chi connectivity index (χ0) is 16.2. The Morgan fingerprint density at radius 3 is 2.57 bits per heavy atom. The molecule has 0 aliphatic carbocycles. The van der Waals surface area contributed by atoms with Crippen LogP contribution >= 0.6 is 24.0 Å². The maximum Gasteiger partial charge on any atom is 0.191 e. The fourth-order valence-corrected chi connectivity index (χ4v) is 2.09. The summed E-state index contributed by atoms with van der Waals surface area (Å²) in [5, 5.41) is 6.53. The molecule has 1 aromatic rings. The second kappa shape index (κ2) is 13.6. The number of halogens is 1. The van der Waals surface area contributed by atoms with Crippen molar-refractivity contribution < 1.29 is 4.74 Å². The molecule has 0 aliphatic rings. The summed E-state index contributed by atoms with van der Waals surface area (Å²) in [7, 11) is 4.16. The van der Waals surface area contributed by atoms with Gasteiger partial charge in [0.1, 0.15) is 0 Å². The average Bonchev–Trinajstić information content (AvgIpc) is 2.49. The number of ether oxygens (including phenoxy) is 1. The molecule has 5 nitrogen and oxygen atoms in total. The Balaban J connectivity index is 0.00000484. The largest absolute Gasteiger partial charge is 0.380 e. The minimum atomic E-state index is 0. The molecular formula is C17H31IN4O. The first kappa shape index (κ1) is 22.1. The second-order valence-electron chi connectivity index (χ2n) is 5.38. The molecule has 0 amide bonds. The minimum absolute atomic E-state index is 0. The van der Waals surface area contributed by atoms with Crippen LogP contribution in [0.3, 0.4) is 0 Å². The van der Waals surface area contributed by atoms with Crippen molar-refractivity contribution in [3.05, 3.63) is 35.4 Å². The van der Waals surface area contributed by atoms with E-state index in [9.17, 15) is 0 Å². The summed E-state index contributed by atoms with van der Waals surface area (Å²) < 4.78 is 5.33. The van der Waals surface area contributed by atoms with Crippen LogP contribution in [-0.2, 0) is 17.8 Å². The third kappa shape index (κ3) is 10.5. The van der Waals surface area contributed by atoms with Crippen LogP contribution in [0.1, 0.15) is 25.0 Å². The number of benzene rings is 1. The van der Waals surface area contributed by atoms with Gasteiger partial charge in [-0.05, 0) is 39.1 Å². The smallest absolute Gasteiger partial charge is 0.191 e. The third-order valence-electron chi connectivity index (χ3n) is 3.00. The second-order valence-corrected chi connectivity index (χ2v) is 5.38. The number of rotatable bonds is 9. The molecule has 0 saturated heterocycles. The predicted molar refractivity (Wildman–Crippen MR) is 109 cm³/mol. The van der Waals surface area contributed by atoms with Crippen molar-refractivity contribution in [1.29, 1.82) is 0 Å². The normalized spacial score (nSPS) is 11.3. The molecule has 0 aliphatic heterocycles. The number of guanidine groups is 1. The number of nitrogens with one attached hydrogen (secondary N) is 2. The van der Waals surface area contributed by atoms with E-state index in [1.807, 2.05) is 6.92 Å². The van der Waals surface area contributed by atoms with Gasteiger partial charge in [0, 0.05) is 26.2 Å². The lowest BCUT2D eigenvalue weighted by Gasteiger charge is -2.12. The summed E-state index contributed by atoms with van der Waals surface area (Å²) >= 11 is 0. The van der Waals surface area contributed by atoms with Gasteiger partial charge in [0.2, 0.25) is 0 Å². The maximum atomic E-state index is 5.33. The zero-order valence-electron chi connectivity index (χ0n) is 14.8. The zero-order valence-corrected chi connectivity index (χ0v) is 17.1. The first-order valence-corrected chi connectivity index (χ1v) is 7.98. The molecule has 0 atom stereocenters. The Morgan fingerprint density at radius 1 is 1.17 bits per heavy atom. The maximum absolute atomic E-state index is 5.33. The highest BCUT2D eigenvalue weighted by molar-refractivity contribution is 14.0. The van der Waals surface area contributed by atoms with Crippen LogP contribution in [-0.4, -0.2) is 51.3 Å². The van der Waals surface area contributed by atoms with E-state index in [0.29, 0.717) is 13.2 Å². The highest BCUT2D eigenvalue weighted by Gasteiger charge is 2.00. The highest BCUT2D eigenvalue weighted by Crippen LogP contribution is 2.08. The van der Waals surface area contributed by atoms with Crippen molar-refractivity contribution >= 4 is 29.9 Å². The summed E-state index contributed by atoms with van der Waals surface area (Å²) in [6.45, 7) is 8.74. The van der Waals surface area contributed by atoms with Gasteiger partial charge < -0.3 is 20.3 Å². The lowest BCUT2D eigenvalue weighted by Crippen LogP contribution is -2.39. The molecule has 0 radical (unpaired) electrons. The van der Waals surface area contributed by atoms with Crippen molar-refractivity contribution in [2.24, 2.45) is 4.99 Å². The molecule has 1 aromatic carbocycles. The van der Waals surface area contributed by atoms with E-state index in [1.165, 1.54) is 11.1 Å². The van der Waals surface area contributed by atoms with E-state index in [-0.39, 0.29) is 24.0 Å². The Morgan fingerprint density at radius 2 is 1.91 bits per heavy atom. The Labute approximate surface area is 157 Å². The van der Waals surface area contributed by atoms with E-state index in [4.69, 9.17) is 4.74 Å². The molecule has 0 aromatic heterocycles. The minimum Gasteiger partial charge on any atom is -0.380 e. The summed E-state index contributed by atoms with van der Waals surface area (Å²) in [4.78, 5) is 6.80. The van der Waals surface area contributed by atoms with Crippen LogP contribution in [0.15, 0.2) is 29.3 Å². The van der Waals surface area contributed by atoms with Crippen LogP contribution in [0, 0.1) is 0 Å². The van der Waals surface area contributed by atoms with Gasteiger partial charge in [-0.15, -0.1) is 24.0 Å².